The number of hydrogen-bond acceptors (Lipinski definition) is 5. The van der Waals surface area contributed by atoms with Crippen molar-refractivity contribution in [3.8, 4) is 11.1 Å². The molecular formula is C22H22N4O4. The van der Waals surface area contributed by atoms with E-state index < -0.39 is 11.3 Å². The Morgan fingerprint density at radius 3 is 2.30 bits per heavy atom. The molecular weight excluding hydrogens is 384 g/mol. The highest BCUT2D eigenvalue weighted by molar-refractivity contribution is 6.00. The molecule has 0 bridgehead atoms. The molecule has 8 nitrogen and oxygen atoms in total. The summed E-state index contributed by atoms with van der Waals surface area (Å²) < 4.78 is 5.52. The molecule has 2 amide bonds. The van der Waals surface area contributed by atoms with Gasteiger partial charge in [-0.2, -0.15) is 5.10 Å². The molecule has 4 N–H and O–H groups in total. The quantitative estimate of drug-likeness (QED) is 0.384. The van der Waals surface area contributed by atoms with E-state index in [0.29, 0.717) is 37.3 Å². The molecule has 8 heteroatoms. The molecule has 1 fully saturated rings. The number of rotatable bonds is 5. The molecule has 0 radical (unpaired) electrons. The van der Waals surface area contributed by atoms with Crippen molar-refractivity contribution >= 4 is 17.5 Å². The van der Waals surface area contributed by atoms with Crippen molar-refractivity contribution in [2.24, 2.45) is 0 Å². The molecule has 154 valence electrons. The standard InChI is InChI=1S/C22H22N4O4/c27-20(26-29)16-3-7-19(8-4-16)25-21(28)22(9-11-30-12-10-22)18-5-1-15(2-6-18)17-13-23-24-14-17/h1-8,13-14,29H,9-12H2,(H,23,24)(H,25,28)(H,26,27). The lowest BCUT2D eigenvalue weighted by Crippen LogP contribution is -2.44. The van der Waals surface area contributed by atoms with E-state index in [-0.39, 0.29) is 5.91 Å². The number of nitrogens with one attached hydrogen (secondary N) is 3. The van der Waals surface area contributed by atoms with E-state index in [0.717, 1.165) is 16.7 Å². The molecule has 2 aromatic carbocycles. The van der Waals surface area contributed by atoms with Crippen LogP contribution in [0, 0.1) is 0 Å². The minimum absolute atomic E-state index is 0.110. The second-order valence-electron chi connectivity index (χ2n) is 7.23. The van der Waals surface area contributed by atoms with Crippen molar-refractivity contribution in [3.63, 3.8) is 0 Å². The predicted molar refractivity (Wildman–Crippen MR) is 110 cm³/mol. The van der Waals surface area contributed by atoms with Crippen LogP contribution in [0.1, 0.15) is 28.8 Å². The minimum Gasteiger partial charge on any atom is -0.381 e. The average molecular weight is 406 g/mol. The number of hydrogen-bond donors (Lipinski definition) is 4. The van der Waals surface area contributed by atoms with Gasteiger partial charge in [-0.25, -0.2) is 5.48 Å². The Morgan fingerprint density at radius 2 is 1.70 bits per heavy atom. The lowest BCUT2D eigenvalue weighted by Gasteiger charge is -2.36. The zero-order chi connectivity index (χ0) is 21.0. The van der Waals surface area contributed by atoms with E-state index in [1.165, 1.54) is 12.1 Å². The van der Waals surface area contributed by atoms with Crippen molar-refractivity contribution in [2.45, 2.75) is 18.3 Å². The van der Waals surface area contributed by atoms with E-state index in [9.17, 15) is 9.59 Å². The maximum atomic E-state index is 13.4. The van der Waals surface area contributed by atoms with Gasteiger partial charge in [-0.05, 0) is 48.2 Å². The number of carbonyl (C=O) groups is 2. The second kappa shape index (κ2) is 8.48. The number of carbonyl (C=O) groups excluding carboxylic acids is 2. The summed E-state index contributed by atoms with van der Waals surface area (Å²) in [4.78, 5) is 24.9. The van der Waals surface area contributed by atoms with Crippen LogP contribution in [0.2, 0.25) is 0 Å². The van der Waals surface area contributed by atoms with E-state index in [2.05, 4.69) is 15.5 Å². The molecule has 1 aromatic heterocycles. The van der Waals surface area contributed by atoms with Crippen molar-refractivity contribution in [2.75, 3.05) is 18.5 Å². The van der Waals surface area contributed by atoms with Gasteiger partial charge in [0.2, 0.25) is 5.91 Å². The molecule has 1 aliphatic rings. The fraction of sp³-hybridized carbons (Fsp3) is 0.227. The van der Waals surface area contributed by atoms with Gasteiger partial charge in [-0.15, -0.1) is 0 Å². The van der Waals surface area contributed by atoms with Crippen LogP contribution in [0.5, 0.6) is 0 Å². The number of benzene rings is 2. The van der Waals surface area contributed by atoms with Crippen molar-refractivity contribution < 1.29 is 19.5 Å². The van der Waals surface area contributed by atoms with Crippen LogP contribution < -0.4 is 10.8 Å². The van der Waals surface area contributed by atoms with Crippen LogP contribution in [0.4, 0.5) is 5.69 Å². The highest BCUT2D eigenvalue weighted by Gasteiger charge is 2.41. The predicted octanol–water partition coefficient (Wildman–Crippen LogP) is 2.88. The Hall–Kier alpha value is -3.49. The number of aromatic amines is 1. The first kappa shape index (κ1) is 19.8. The van der Waals surface area contributed by atoms with Crippen LogP contribution in [0.25, 0.3) is 11.1 Å². The highest BCUT2D eigenvalue weighted by atomic mass is 16.5. The number of amides is 2. The lowest BCUT2D eigenvalue weighted by molar-refractivity contribution is -0.125. The molecule has 4 rings (SSSR count). The summed E-state index contributed by atoms with van der Waals surface area (Å²) in [5, 5.41) is 18.5. The lowest BCUT2D eigenvalue weighted by atomic mass is 9.73. The Bertz CT molecular complexity index is 1010. The Morgan fingerprint density at radius 1 is 1.00 bits per heavy atom. The zero-order valence-corrected chi connectivity index (χ0v) is 16.2. The summed E-state index contributed by atoms with van der Waals surface area (Å²) in [6.45, 7) is 1.01. The molecule has 0 atom stereocenters. The van der Waals surface area contributed by atoms with E-state index in [1.54, 1.807) is 23.8 Å². The number of hydroxylamine groups is 1. The van der Waals surface area contributed by atoms with Gasteiger partial charge in [0.1, 0.15) is 0 Å². The van der Waals surface area contributed by atoms with Gasteiger partial charge in [0.25, 0.3) is 5.91 Å². The van der Waals surface area contributed by atoms with Gasteiger partial charge in [-0.3, -0.25) is 19.9 Å². The third-order valence-electron chi connectivity index (χ3n) is 5.56. The van der Waals surface area contributed by atoms with Crippen LogP contribution in [0.3, 0.4) is 0 Å². The topological polar surface area (TPSA) is 116 Å². The van der Waals surface area contributed by atoms with Gasteiger partial charge in [-0.1, -0.05) is 24.3 Å². The van der Waals surface area contributed by atoms with E-state index in [1.807, 2.05) is 30.5 Å². The van der Waals surface area contributed by atoms with Gasteiger partial charge >= 0.3 is 0 Å². The monoisotopic (exact) mass is 406 g/mol. The van der Waals surface area contributed by atoms with Gasteiger partial charge in [0.05, 0.1) is 11.6 Å². The zero-order valence-electron chi connectivity index (χ0n) is 16.2. The third kappa shape index (κ3) is 3.83. The molecule has 1 saturated heterocycles. The van der Waals surface area contributed by atoms with Crippen LogP contribution in [-0.4, -0.2) is 40.4 Å². The summed E-state index contributed by atoms with van der Waals surface area (Å²) in [6.07, 6.45) is 4.74. The largest absolute Gasteiger partial charge is 0.381 e. The molecule has 1 aliphatic heterocycles. The first-order chi connectivity index (χ1) is 14.6. The van der Waals surface area contributed by atoms with Gasteiger partial charge < -0.3 is 10.1 Å². The summed E-state index contributed by atoms with van der Waals surface area (Å²) >= 11 is 0. The van der Waals surface area contributed by atoms with Crippen molar-refractivity contribution in [1.29, 1.82) is 0 Å². The Labute approximate surface area is 173 Å². The summed E-state index contributed by atoms with van der Waals surface area (Å²) in [6, 6.07) is 14.3. The first-order valence-corrected chi connectivity index (χ1v) is 9.66. The SMILES string of the molecule is O=C(NO)c1ccc(NC(=O)C2(c3ccc(-c4cn[nH]c4)cc3)CCOCC2)cc1. The Kier molecular flexibility index (Phi) is 5.60. The molecule has 0 spiro atoms. The first-order valence-electron chi connectivity index (χ1n) is 9.66. The summed E-state index contributed by atoms with van der Waals surface area (Å²) in [7, 11) is 0. The number of H-pyrrole nitrogens is 1. The maximum absolute atomic E-state index is 13.4. The summed E-state index contributed by atoms with van der Waals surface area (Å²) in [5.41, 5.74) is 4.71. The molecule has 0 unspecified atom stereocenters. The van der Waals surface area contributed by atoms with Gasteiger partial charge in [0.15, 0.2) is 0 Å². The average Bonchev–Trinajstić information content (AvgIpc) is 3.34. The van der Waals surface area contributed by atoms with Gasteiger partial charge in [0, 0.05) is 36.2 Å². The van der Waals surface area contributed by atoms with Crippen molar-refractivity contribution in [1.82, 2.24) is 15.7 Å². The molecule has 0 saturated carbocycles. The third-order valence-corrected chi connectivity index (χ3v) is 5.56. The molecule has 2 heterocycles. The van der Waals surface area contributed by atoms with E-state index >= 15 is 0 Å². The number of nitrogens with zero attached hydrogens (tertiary/aromatic N) is 1. The molecule has 0 aliphatic carbocycles. The molecule has 3 aromatic rings. The van der Waals surface area contributed by atoms with Crippen LogP contribution in [0.15, 0.2) is 60.9 Å². The molecule has 30 heavy (non-hydrogen) atoms. The normalized spacial score (nSPS) is 15.4. The fourth-order valence-electron chi connectivity index (χ4n) is 3.78. The number of aromatic nitrogens is 2. The maximum Gasteiger partial charge on any atom is 0.274 e. The van der Waals surface area contributed by atoms with Crippen LogP contribution >= 0.6 is 0 Å². The number of anilines is 1. The fourth-order valence-corrected chi connectivity index (χ4v) is 3.78. The second-order valence-corrected chi connectivity index (χ2v) is 7.23. The minimum atomic E-state index is -0.700. The van der Waals surface area contributed by atoms with Crippen molar-refractivity contribution in [3.05, 3.63) is 72.1 Å². The number of ether oxygens (including phenoxy) is 1. The van der Waals surface area contributed by atoms with E-state index in [4.69, 9.17) is 9.94 Å². The van der Waals surface area contributed by atoms with Crippen LogP contribution in [-0.2, 0) is 14.9 Å². The summed E-state index contributed by atoms with van der Waals surface area (Å²) in [5.74, 6) is -0.715. The smallest absolute Gasteiger partial charge is 0.274 e. The Balaban J connectivity index is 1.58. The highest BCUT2D eigenvalue weighted by Crippen LogP contribution is 2.37.